The molecule has 4 rings (SSSR count). The van der Waals surface area contributed by atoms with Crippen LogP contribution in [0.5, 0.6) is 0 Å². The van der Waals surface area contributed by atoms with Crippen LogP contribution in [0, 0.1) is 5.92 Å². The average Bonchev–Trinajstić information content (AvgIpc) is 3.02. The number of hydrogen-bond acceptors (Lipinski definition) is 2. The number of carbonyl (C=O) groups excluding carboxylic acids is 2. The van der Waals surface area contributed by atoms with E-state index in [4.69, 9.17) is 0 Å². The van der Waals surface area contributed by atoms with Gasteiger partial charge >= 0.3 is 0 Å². The van der Waals surface area contributed by atoms with Gasteiger partial charge in [-0.25, -0.2) is 0 Å². The topological polar surface area (TPSA) is 40.6 Å². The molecule has 2 aromatic carbocycles. The summed E-state index contributed by atoms with van der Waals surface area (Å²) in [5.74, 6) is -0.133. The maximum atomic E-state index is 12.9. The Morgan fingerprint density at radius 1 is 1.08 bits per heavy atom. The van der Waals surface area contributed by atoms with Crippen LogP contribution in [-0.4, -0.2) is 29.8 Å². The van der Waals surface area contributed by atoms with Gasteiger partial charge in [0, 0.05) is 36.2 Å². The predicted molar refractivity (Wildman–Crippen MR) is 100 cm³/mol. The van der Waals surface area contributed by atoms with Gasteiger partial charge in [-0.15, -0.1) is 0 Å². The smallest absolute Gasteiger partial charge is 0.228 e. The molecular weight excluding hydrogens is 380 g/mol. The lowest BCUT2D eigenvalue weighted by molar-refractivity contribution is -0.136. The van der Waals surface area contributed by atoms with Gasteiger partial charge in [-0.1, -0.05) is 46.3 Å². The molecule has 0 spiro atoms. The van der Waals surface area contributed by atoms with Crippen LogP contribution in [0.2, 0.25) is 0 Å². The third-order valence-electron chi connectivity index (χ3n) is 5.04. The molecule has 0 aliphatic carbocycles. The number of rotatable bonds is 2. The second-order valence-electron chi connectivity index (χ2n) is 6.66. The van der Waals surface area contributed by atoms with Crippen LogP contribution >= 0.6 is 15.9 Å². The molecule has 0 bridgehead atoms. The Hall–Kier alpha value is -2.14. The SMILES string of the molecule is O=C(C1CC(=O)N(c2cccc(Br)c2)C1)N1CCc2ccccc2C1. The highest BCUT2D eigenvalue weighted by Gasteiger charge is 2.37. The minimum atomic E-state index is -0.253. The molecule has 1 fully saturated rings. The molecule has 1 saturated heterocycles. The number of fused-ring (bicyclic) bond motifs is 1. The number of carbonyl (C=O) groups is 2. The summed E-state index contributed by atoms with van der Waals surface area (Å²) in [4.78, 5) is 29.0. The zero-order valence-corrected chi connectivity index (χ0v) is 15.4. The molecule has 2 aliphatic heterocycles. The van der Waals surface area contributed by atoms with Crippen molar-refractivity contribution in [3.63, 3.8) is 0 Å². The Morgan fingerprint density at radius 3 is 2.68 bits per heavy atom. The lowest BCUT2D eigenvalue weighted by Gasteiger charge is -2.30. The van der Waals surface area contributed by atoms with E-state index in [2.05, 4.69) is 28.1 Å². The molecule has 0 aromatic heterocycles. The van der Waals surface area contributed by atoms with E-state index < -0.39 is 0 Å². The number of hydrogen-bond donors (Lipinski definition) is 0. The summed E-state index contributed by atoms with van der Waals surface area (Å²) in [5.41, 5.74) is 3.39. The predicted octanol–water partition coefficient (Wildman–Crippen LogP) is 3.39. The second-order valence-corrected chi connectivity index (χ2v) is 7.58. The number of nitrogens with zero attached hydrogens (tertiary/aromatic N) is 2. The first-order valence-electron chi connectivity index (χ1n) is 8.53. The highest BCUT2D eigenvalue weighted by Crippen LogP contribution is 2.29. The summed E-state index contributed by atoms with van der Waals surface area (Å²) in [5, 5.41) is 0. The van der Waals surface area contributed by atoms with E-state index in [1.165, 1.54) is 11.1 Å². The summed E-state index contributed by atoms with van der Waals surface area (Å²) >= 11 is 3.44. The van der Waals surface area contributed by atoms with E-state index in [0.29, 0.717) is 19.5 Å². The zero-order chi connectivity index (χ0) is 17.4. The van der Waals surface area contributed by atoms with E-state index in [1.807, 2.05) is 41.3 Å². The van der Waals surface area contributed by atoms with Crippen LogP contribution in [0.3, 0.4) is 0 Å². The van der Waals surface area contributed by atoms with Crippen molar-refractivity contribution in [2.24, 2.45) is 5.92 Å². The van der Waals surface area contributed by atoms with Gasteiger partial charge in [-0.05, 0) is 35.7 Å². The molecule has 128 valence electrons. The maximum absolute atomic E-state index is 12.9. The van der Waals surface area contributed by atoms with Crippen LogP contribution < -0.4 is 4.90 Å². The van der Waals surface area contributed by atoms with Gasteiger partial charge in [0.2, 0.25) is 11.8 Å². The first-order chi connectivity index (χ1) is 12.1. The van der Waals surface area contributed by atoms with Crippen molar-refractivity contribution in [2.45, 2.75) is 19.4 Å². The summed E-state index contributed by atoms with van der Waals surface area (Å²) in [7, 11) is 0. The fourth-order valence-corrected chi connectivity index (χ4v) is 4.10. The van der Waals surface area contributed by atoms with Gasteiger partial charge in [0.15, 0.2) is 0 Å². The summed E-state index contributed by atoms with van der Waals surface area (Å²) in [6.45, 7) is 1.85. The Labute approximate surface area is 155 Å². The lowest BCUT2D eigenvalue weighted by atomic mass is 9.98. The fraction of sp³-hybridized carbons (Fsp3) is 0.300. The Bertz CT molecular complexity index is 836. The normalized spacial score (nSPS) is 19.9. The van der Waals surface area contributed by atoms with Gasteiger partial charge in [0.25, 0.3) is 0 Å². The van der Waals surface area contributed by atoms with E-state index in [1.54, 1.807) is 4.90 Å². The maximum Gasteiger partial charge on any atom is 0.228 e. The average molecular weight is 399 g/mol. The summed E-state index contributed by atoms with van der Waals surface area (Å²) in [6, 6.07) is 15.9. The van der Waals surface area contributed by atoms with E-state index in [-0.39, 0.29) is 17.7 Å². The molecule has 25 heavy (non-hydrogen) atoms. The Morgan fingerprint density at radius 2 is 1.88 bits per heavy atom. The van der Waals surface area contributed by atoms with Crippen LogP contribution in [0.1, 0.15) is 17.5 Å². The van der Waals surface area contributed by atoms with Crippen molar-refractivity contribution < 1.29 is 9.59 Å². The molecule has 2 aliphatic rings. The van der Waals surface area contributed by atoms with Crippen LogP contribution in [0.25, 0.3) is 0 Å². The molecule has 0 saturated carbocycles. The lowest BCUT2D eigenvalue weighted by Crippen LogP contribution is -2.40. The second kappa shape index (κ2) is 6.64. The van der Waals surface area contributed by atoms with Crippen LogP contribution in [0.15, 0.2) is 53.0 Å². The summed E-state index contributed by atoms with van der Waals surface area (Å²) in [6.07, 6.45) is 1.18. The van der Waals surface area contributed by atoms with Gasteiger partial charge < -0.3 is 9.80 Å². The van der Waals surface area contributed by atoms with E-state index >= 15 is 0 Å². The largest absolute Gasteiger partial charge is 0.338 e. The third-order valence-corrected chi connectivity index (χ3v) is 5.53. The molecule has 1 atom stereocenters. The molecular formula is C20H19BrN2O2. The number of halogens is 1. The molecule has 2 amide bonds. The number of amides is 2. The highest BCUT2D eigenvalue weighted by molar-refractivity contribution is 9.10. The molecule has 0 N–H and O–H groups in total. The minimum Gasteiger partial charge on any atom is -0.338 e. The van der Waals surface area contributed by atoms with Gasteiger partial charge in [0.05, 0.1) is 5.92 Å². The van der Waals surface area contributed by atoms with Crippen molar-refractivity contribution in [3.05, 3.63) is 64.1 Å². The quantitative estimate of drug-likeness (QED) is 0.777. The Balaban J connectivity index is 1.48. The van der Waals surface area contributed by atoms with Crippen molar-refractivity contribution in [1.29, 1.82) is 0 Å². The molecule has 0 radical (unpaired) electrons. The van der Waals surface area contributed by atoms with Crippen molar-refractivity contribution in [1.82, 2.24) is 4.90 Å². The first kappa shape index (κ1) is 16.3. The van der Waals surface area contributed by atoms with E-state index in [9.17, 15) is 9.59 Å². The third kappa shape index (κ3) is 3.21. The number of benzene rings is 2. The molecule has 5 heteroatoms. The summed E-state index contributed by atoms with van der Waals surface area (Å²) < 4.78 is 0.931. The molecule has 2 aromatic rings. The first-order valence-corrected chi connectivity index (χ1v) is 9.32. The van der Waals surface area contributed by atoms with Crippen LogP contribution in [0.4, 0.5) is 5.69 Å². The van der Waals surface area contributed by atoms with Crippen LogP contribution in [-0.2, 0) is 22.6 Å². The van der Waals surface area contributed by atoms with E-state index in [0.717, 1.165) is 23.1 Å². The molecule has 1 unspecified atom stereocenters. The fourth-order valence-electron chi connectivity index (χ4n) is 3.71. The van der Waals surface area contributed by atoms with Crippen molar-refractivity contribution in [2.75, 3.05) is 18.0 Å². The molecule has 4 nitrogen and oxygen atoms in total. The zero-order valence-electron chi connectivity index (χ0n) is 13.8. The van der Waals surface area contributed by atoms with Gasteiger partial charge in [-0.2, -0.15) is 0 Å². The Kier molecular flexibility index (Phi) is 4.34. The molecule has 2 heterocycles. The van der Waals surface area contributed by atoms with Gasteiger partial charge in [-0.3, -0.25) is 9.59 Å². The van der Waals surface area contributed by atoms with Crippen molar-refractivity contribution >= 4 is 33.4 Å². The minimum absolute atomic E-state index is 0.0221. The number of anilines is 1. The van der Waals surface area contributed by atoms with Crippen molar-refractivity contribution in [3.8, 4) is 0 Å². The monoisotopic (exact) mass is 398 g/mol. The highest BCUT2D eigenvalue weighted by atomic mass is 79.9. The van der Waals surface area contributed by atoms with Gasteiger partial charge in [0.1, 0.15) is 0 Å². The standard InChI is InChI=1S/C20H19BrN2O2/c21-17-6-3-7-18(11-17)23-13-16(10-19(23)24)20(25)22-9-8-14-4-1-2-5-15(14)12-22/h1-7,11,16H,8-10,12-13H2.